The second kappa shape index (κ2) is 8.79. The van der Waals surface area contributed by atoms with Gasteiger partial charge in [-0.05, 0) is 65.1 Å². The maximum atomic E-state index is 13.3. The molecule has 0 bridgehead atoms. The van der Waals surface area contributed by atoms with Gasteiger partial charge in [0.15, 0.2) is 5.78 Å². The van der Waals surface area contributed by atoms with E-state index in [0.717, 1.165) is 8.47 Å². The van der Waals surface area contributed by atoms with Gasteiger partial charge in [-0.15, -0.1) is 0 Å². The second-order valence-corrected chi connectivity index (χ2v) is 8.22. The molecule has 8 nitrogen and oxygen atoms in total. The summed E-state index contributed by atoms with van der Waals surface area (Å²) in [5.74, 6) is -0.568. The molecular weight excluding hydrogens is 523 g/mol. The Morgan fingerprint density at radius 2 is 1.75 bits per heavy atom. The minimum absolute atomic E-state index is 0.148. The van der Waals surface area contributed by atoms with Crippen molar-refractivity contribution in [3.05, 3.63) is 87.0 Å². The van der Waals surface area contributed by atoms with Gasteiger partial charge in [-0.1, -0.05) is 24.3 Å². The van der Waals surface area contributed by atoms with E-state index in [9.17, 15) is 14.4 Å². The summed E-state index contributed by atoms with van der Waals surface area (Å²) >= 11 is 2.16. The fraction of sp³-hybridized carbons (Fsp3) is 0.0435. The van der Waals surface area contributed by atoms with Gasteiger partial charge < -0.3 is 15.4 Å². The Balaban J connectivity index is 1.65. The van der Waals surface area contributed by atoms with E-state index in [1.807, 2.05) is 18.2 Å². The van der Waals surface area contributed by atoms with Crippen molar-refractivity contribution < 1.29 is 19.5 Å². The monoisotopic (exact) mass is 540 g/mol. The Morgan fingerprint density at radius 1 is 1.00 bits per heavy atom. The Kier molecular flexibility index (Phi) is 5.91. The average Bonchev–Trinajstić information content (AvgIpc) is 3.21. The first-order valence-corrected chi connectivity index (χ1v) is 10.6. The van der Waals surface area contributed by atoms with Crippen LogP contribution in [0.3, 0.4) is 0 Å². The van der Waals surface area contributed by atoms with Crippen LogP contribution in [0, 0.1) is 3.57 Å². The first-order chi connectivity index (χ1) is 15.3. The highest BCUT2D eigenvalue weighted by Gasteiger charge is 2.20. The molecule has 2 amide bonds. The molecule has 0 aliphatic carbocycles. The van der Waals surface area contributed by atoms with E-state index < -0.39 is 6.09 Å². The van der Waals surface area contributed by atoms with Crippen LogP contribution in [-0.4, -0.2) is 39.9 Å². The minimum Gasteiger partial charge on any atom is -0.465 e. The van der Waals surface area contributed by atoms with Crippen LogP contribution in [0.25, 0.3) is 11.0 Å². The number of anilines is 2. The maximum absolute atomic E-state index is 13.3. The predicted molar refractivity (Wildman–Crippen MR) is 130 cm³/mol. The first kappa shape index (κ1) is 21.5. The molecule has 0 fully saturated rings. The molecule has 4 aromatic rings. The molecule has 0 radical (unpaired) electrons. The summed E-state index contributed by atoms with van der Waals surface area (Å²) in [7, 11) is 1.37. The summed E-state index contributed by atoms with van der Waals surface area (Å²) < 4.78 is 0.977. The fourth-order valence-electron chi connectivity index (χ4n) is 3.19. The third-order valence-electron chi connectivity index (χ3n) is 4.84. The summed E-state index contributed by atoms with van der Waals surface area (Å²) in [4.78, 5) is 45.4. The molecule has 0 saturated carbocycles. The Hall–Kier alpha value is -3.73. The lowest BCUT2D eigenvalue weighted by Gasteiger charge is -2.10. The number of carboxylic acid groups (broad SMARTS) is 1. The lowest BCUT2D eigenvalue weighted by Crippen LogP contribution is -2.24. The van der Waals surface area contributed by atoms with Gasteiger partial charge in [0.05, 0.1) is 16.6 Å². The smallest absolute Gasteiger partial charge is 0.413 e. The highest BCUT2D eigenvalue weighted by Crippen LogP contribution is 2.22. The van der Waals surface area contributed by atoms with Crippen LogP contribution in [-0.2, 0) is 0 Å². The summed E-state index contributed by atoms with van der Waals surface area (Å²) in [6.45, 7) is 0. The second-order valence-electron chi connectivity index (χ2n) is 6.97. The minimum atomic E-state index is -1.16. The molecule has 1 heterocycles. The summed E-state index contributed by atoms with van der Waals surface area (Å²) in [6, 6.07) is 18.8. The van der Waals surface area contributed by atoms with Crippen molar-refractivity contribution in [2.24, 2.45) is 0 Å². The van der Waals surface area contributed by atoms with E-state index in [1.165, 1.54) is 7.05 Å². The number of benzene rings is 3. The van der Waals surface area contributed by atoms with Gasteiger partial charge in [-0.25, -0.2) is 9.78 Å². The zero-order valence-corrected chi connectivity index (χ0v) is 19.0. The average molecular weight is 540 g/mol. The highest BCUT2D eigenvalue weighted by atomic mass is 127. The molecule has 0 aliphatic rings. The van der Waals surface area contributed by atoms with E-state index >= 15 is 0 Å². The molecule has 32 heavy (non-hydrogen) atoms. The standard InChI is InChI=1S/C23H17IN4O4/c1-28(23(31)32)22-26-18-10-9-13(11-19(18)27-22)20(29)16-7-2-3-8-17(16)21(30)25-15-6-4-5-14(24)12-15/h2-12H,1H3,(H,25,30)(H,26,27)(H,31,32). The number of nitrogens with zero attached hydrogens (tertiary/aromatic N) is 2. The maximum Gasteiger partial charge on any atom is 0.413 e. The number of hydrogen-bond donors (Lipinski definition) is 3. The van der Waals surface area contributed by atoms with Gasteiger partial charge in [0.25, 0.3) is 5.91 Å². The Labute approximate surface area is 196 Å². The van der Waals surface area contributed by atoms with Crippen LogP contribution in [0.5, 0.6) is 0 Å². The molecular formula is C23H17IN4O4. The molecule has 4 rings (SSSR count). The number of aromatic nitrogens is 2. The number of ketones is 1. The van der Waals surface area contributed by atoms with Crippen LogP contribution in [0.15, 0.2) is 66.7 Å². The van der Waals surface area contributed by atoms with Gasteiger partial charge in [0.2, 0.25) is 5.95 Å². The number of carbonyl (C=O) groups is 3. The molecule has 0 atom stereocenters. The van der Waals surface area contributed by atoms with Crippen LogP contribution in [0.1, 0.15) is 26.3 Å². The van der Waals surface area contributed by atoms with Crippen molar-refractivity contribution in [2.45, 2.75) is 0 Å². The van der Waals surface area contributed by atoms with Crippen LogP contribution in [0.4, 0.5) is 16.4 Å². The van der Waals surface area contributed by atoms with Crippen molar-refractivity contribution in [1.82, 2.24) is 9.97 Å². The lowest BCUT2D eigenvalue weighted by molar-refractivity contribution is 0.0996. The van der Waals surface area contributed by atoms with Crippen molar-refractivity contribution >= 4 is 63.0 Å². The Bertz CT molecular complexity index is 1370. The summed E-state index contributed by atoms with van der Waals surface area (Å²) in [5, 5.41) is 12.0. The first-order valence-electron chi connectivity index (χ1n) is 9.50. The van der Waals surface area contributed by atoms with E-state index in [1.54, 1.807) is 48.5 Å². The van der Waals surface area contributed by atoms with Gasteiger partial charge in [-0.3, -0.25) is 14.5 Å². The molecule has 3 aromatic carbocycles. The number of hydrogen-bond acceptors (Lipinski definition) is 4. The topological polar surface area (TPSA) is 115 Å². The zero-order valence-electron chi connectivity index (χ0n) is 16.8. The van der Waals surface area contributed by atoms with E-state index in [0.29, 0.717) is 22.3 Å². The van der Waals surface area contributed by atoms with Crippen LogP contribution < -0.4 is 10.2 Å². The zero-order chi connectivity index (χ0) is 22.8. The van der Waals surface area contributed by atoms with Crippen LogP contribution in [0.2, 0.25) is 0 Å². The highest BCUT2D eigenvalue weighted by molar-refractivity contribution is 14.1. The number of rotatable bonds is 5. The number of fused-ring (bicyclic) bond motifs is 1. The summed E-state index contributed by atoms with van der Waals surface area (Å²) in [6.07, 6.45) is -1.16. The van der Waals surface area contributed by atoms with Gasteiger partial charge in [0, 0.05) is 27.4 Å². The molecule has 1 aromatic heterocycles. The normalized spacial score (nSPS) is 10.7. The van der Waals surface area contributed by atoms with Gasteiger partial charge in [0.1, 0.15) is 0 Å². The SMILES string of the molecule is CN(C(=O)O)c1nc2ccc(C(=O)c3ccccc3C(=O)Nc3cccc(I)c3)cc2[nH]1. The van der Waals surface area contributed by atoms with Gasteiger partial charge >= 0.3 is 6.09 Å². The molecule has 160 valence electrons. The fourth-order valence-corrected chi connectivity index (χ4v) is 3.73. The van der Waals surface area contributed by atoms with Crippen molar-refractivity contribution in [1.29, 1.82) is 0 Å². The molecule has 0 unspecified atom stereocenters. The van der Waals surface area contributed by atoms with Crippen molar-refractivity contribution in [3.8, 4) is 0 Å². The third kappa shape index (κ3) is 4.33. The summed E-state index contributed by atoms with van der Waals surface area (Å²) in [5.41, 5.74) is 2.54. The molecule has 0 saturated heterocycles. The number of carbonyl (C=O) groups excluding carboxylic acids is 2. The number of imidazole rings is 1. The number of halogens is 1. The number of nitrogens with one attached hydrogen (secondary N) is 2. The third-order valence-corrected chi connectivity index (χ3v) is 5.51. The lowest BCUT2D eigenvalue weighted by atomic mass is 9.97. The van der Waals surface area contributed by atoms with E-state index in [4.69, 9.17) is 5.11 Å². The quantitative estimate of drug-likeness (QED) is 0.249. The number of amides is 2. The molecule has 3 N–H and O–H groups in total. The van der Waals surface area contributed by atoms with E-state index in [2.05, 4.69) is 37.9 Å². The van der Waals surface area contributed by atoms with Crippen molar-refractivity contribution in [2.75, 3.05) is 17.3 Å². The molecule has 0 spiro atoms. The van der Waals surface area contributed by atoms with Crippen molar-refractivity contribution in [3.63, 3.8) is 0 Å². The predicted octanol–water partition coefficient (Wildman–Crippen LogP) is 4.77. The molecule has 0 aliphatic heterocycles. The number of H-pyrrole nitrogens is 1. The van der Waals surface area contributed by atoms with Gasteiger partial charge in [-0.2, -0.15) is 0 Å². The molecule has 9 heteroatoms. The Morgan fingerprint density at radius 3 is 2.47 bits per heavy atom. The van der Waals surface area contributed by atoms with E-state index in [-0.39, 0.29) is 28.8 Å². The number of aromatic amines is 1. The largest absolute Gasteiger partial charge is 0.465 e. The van der Waals surface area contributed by atoms with Crippen LogP contribution >= 0.6 is 22.6 Å².